The molecular formula is C15H15ClN2O2. The fourth-order valence-corrected chi connectivity index (χ4v) is 2.11. The number of nitrogens with zero attached hydrogens (tertiary/aromatic N) is 1. The monoisotopic (exact) mass is 290 g/mol. The average molecular weight is 291 g/mol. The number of rotatable bonds is 5. The van der Waals surface area contributed by atoms with Crippen molar-refractivity contribution >= 4 is 17.5 Å². The Labute approximate surface area is 122 Å². The van der Waals surface area contributed by atoms with Crippen LogP contribution in [0.1, 0.15) is 17.0 Å². The number of pyridine rings is 1. The molecule has 1 aromatic heterocycles. The minimum absolute atomic E-state index is 0.188. The van der Waals surface area contributed by atoms with Gasteiger partial charge in [0.05, 0.1) is 13.0 Å². The first-order valence-corrected chi connectivity index (χ1v) is 6.55. The standard InChI is InChI=1S/C15H15ClN2O2/c1-20-18-15(19)14(10-11-6-8-17-9-7-11)12-2-4-13(16)5-3-12/h2-9,14H,10H2,1H3,(H,18,19). The van der Waals surface area contributed by atoms with Crippen molar-refractivity contribution < 1.29 is 9.63 Å². The highest BCUT2D eigenvalue weighted by atomic mass is 35.5. The molecule has 1 atom stereocenters. The van der Waals surface area contributed by atoms with Crippen LogP contribution in [0.5, 0.6) is 0 Å². The van der Waals surface area contributed by atoms with E-state index >= 15 is 0 Å². The number of benzene rings is 1. The SMILES string of the molecule is CONC(=O)C(Cc1ccncc1)c1ccc(Cl)cc1. The highest BCUT2D eigenvalue weighted by Gasteiger charge is 2.21. The number of halogens is 1. The van der Waals surface area contributed by atoms with Gasteiger partial charge in [-0.3, -0.25) is 14.6 Å². The van der Waals surface area contributed by atoms with E-state index in [0.717, 1.165) is 11.1 Å². The van der Waals surface area contributed by atoms with Crippen molar-refractivity contribution in [1.29, 1.82) is 0 Å². The lowest BCUT2D eigenvalue weighted by Crippen LogP contribution is -2.29. The Balaban J connectivity index is 2.25. The summed E-state index contributed by atoms with van der Waals surface area (Å²) >= 11 is 5.88. The number of hydroxylamine groups is 1. The molecule has 0 aliphatic carbocycles. The van der Waals surface area contributed by atoms with Gasteiger partial charge < -0.3 is 0 Å². The zero-order valence-electron chi connectivity index (χ0n) is 11.0. The van der Waals surface area contributed by atoms with Gasteiger partial charge in [0.2, 0.25) is 0 Å². The number of hydrogen-bond acceptors (Lipinski definition) is 3. The van der Waals surface area contributed by atoms with Crippen molar-refractivity contribution in [3.8, 4) is 0 Å². The molecule has 104 valence electrons. The third kappa shape index (κ3) is 3.79. The van der Waals surface area contributed by atoms with Gasteiger partial charge in [-0.2, -0.15) is 0 Å². The lowest BCUT2D eigenvalue weighted by atomic mass is 9.92. The fourth-order valence-electron chi connectivity index (χ4n) is 1.98. The Kier molecular flexibility index (Phi) is 5.09. The Bertz CT molecular complexity index is 558. The molecule has 0 saturated heterocycles. The molecule has 0 saturated carbocycles. The summed E-state index contributed by atoms with van der Waals surface area (Å²) in [4.78, 5) is 20.9. The normalized spacial score (nSPS) is 11.9. The summed E-state index contributed by atoms with van der Waals surface area (Å²) in [5.41, 5.74) is 4.31. The Morgan fingerprint density at radius 2 is 1.90 bits per heavy atom. The van der Waals surface area contributed by atoms with Crippen LogP contribution in [-0.2, 0) is 16.1 Å². The quantitative estimate of drug-likeness (QED) is 0.862. The van der Waals surface area contributed by atoms with Gasteiger partial charge in [0, 0.05) is 17.4 Å². The Hall–Kier alpha value is -1.91. The lowest BCUT2D eigenvalue weighted by Gasteiger charge is -2.16. The number of nitrogens with one attached hydrogen (secondary N) is 1. The molecule has 2 rings (SSSR count). The van der Waals surface area contributed by atoms with E-state index in [1.807, 2.05) is 24.3 Å². The van der Waals surface area contributed by atoms with Crippen LogP contribution < -0.4 is 5.48 Å². The van der Waals surface area contributed by atoms with Crippen LogP contribution in [0.4, 0.5) is 0 Å². The molecule has 1 heterocycles. The molecule has 0 aliphatic rings. The third-order valence-corrected chi connectivity index (χ3v) is 3.23. The minimum Gasteiger partial charge on any atom is -0.277 e. The second kappa shape index (κ2) is 7.03. The van der Waals surface area contributed by atoms with Gasteiger partial charge in [0.15, 0.2) is 0 Å². The summed E-state index contributed by atoms with van der Waals surface area (Å²) in [6, 6.07) is 11.0. The molecule has 1 aromatic carbocycles. The van der Waals surface area contributed by atoms with Crippen LogP contribution in [0.2, 0.25) is 5.02 Å². The number of hydrogen-bond donors (Lipinski definition) is 1. The lowest BCUT2D eigenvalue weighted by molar-refractivity contribution is -0.132. The van der Waals surface area contributed by atoms with E-state index in [1.54, 1.807) is 24.5 Å². The van der Waals surface area contributed by atoms with Crippen molar-refractivity contribution in [2.75, 3.05) is 7.11 Å². The highest BCUT2D eigenvalue weighted by molar-refractivity contribution is 6.30. The smallest absolute Gasteiger partial charge is 0.251 e. The largest absolute Gasteiger partial charge is 0.277 e. The van der Waals surface area contributed by atoms with Crippen molar-refractivity contribution in [2.45, 2.75) is 12.3 Å². The second-order valence-electron chi connectivity index (χ2n) is 4.33. The molecule has 4 nitrogen and oxygen atoms in total. The molecule has 0 aliphatic heterocycles. The third-order valence-electron chi connectivity index (χ3n) is 2.98. The van der Waals surface area contributed by atoms with Crippen LogP contribution >= 0.6 is 11.6 Å². The van der Waals surface area contributed by atoms with E-state index in [1.165, 1.54) is 7.11 Å². The molecule has 1 N–H and O–H groups in total. The summed E-state index contributed by atoms with van der Waals surface area (Å²) in [6.07, 6.45) is 3.99. The van der Waals surface area contributed by atoms with Crippen LogP contribution in [0.3, 0.4) is 0 Å². The number of carbonyl (C=O) groups is 1. The molecule has 0 bridgehead atoms. The number of carbonyl (C=O) groups excluding carboxylic acids is 1. The number of amides is 1. The van der Waals surface area contributed by atoms with Crippen LogP contribution in [0.15, 0.2) is 48.8 Å². The molecule has 0 fully saturated rings. The molecule has 5 heteroatoms. The molecule has 1 amide bonds. The van der Waals surface area contributed by atoms with Crippen molar-refractivity contribution in [3.63, 3.8) is 0 Å². The zero-order valence-corrected chi connectivity index (χ0v) is 11.8. The first-order chi connectivity index (χ1) is 9.70. The summed E-state index contributed by atoms with van der Waals surface area (Å²) in [5, 5.41) is 0.642. The average Bonchev–Trinajstić information content (AvgIpc) is 2.47. The Morgan fingerprint density at radius 1 is 1.25 bits per heavy atom. The van der Waals surface area contributed by atoms with Crippen molar-refractivity contribution in [1.82, 2.24) is 10.5 Å². The maximum absolute atomic E-state index is 12.1. The first kappa shape index (κ1) is 14.5. The molecule has 1 unspecified atom stereocenters. The van der Waals surface area contributed by atoms with Gasteiger partial charge in [-0.1, -0.05) is 23.7 Å². The summed E-state index contributed by atoms with van der Waals surface area (Å²) in [7, 11) is 1.42. The molecular weight excluding hydrogens is 276 g/mol. The topological polar surface area (TPSA) is 51.2 Å². The highest BCUT2D eigenvalue weighted by Crippen LogP contribution is 2.23. The van der Waals surface area contributed by atoms with Crippen molar-refractivity contribution in [2.24, 2.45) is 0 Å². The zero-order chi connectivity index (χ0) is 14.4. The van der Waals surface area contributed by atoms with E-state index in [0.29, 0.717) is 11.4 Å². The van der Waals surface area contributed by atoms with Gasteiger partial charge in [0.1, 0.15) is 0 Å². The van der Waals surface area contributed by atoms with E-state index in [2.05, 4.69) is 10.5 Å². The first-order valence-electron chi connectivity index (χ1n) is 6.18. The Morgan fingerprint density at radius 3 is 2.50 bits per heavy atom. The maximum Gasteiger partial charge on any atom is 0.251 e. The predicted octanol–water partition coefficient (Wildman–Crippen LogP) is 2.74. The fraction of sp³-hybridized carbons (Fsp3) is 0.200. The van der Waals surface area contributed by atoms with Gasteiger partial charge in [-0.25, -0.2) is 5.48 Å². The molecule has 0 radical (unpaired) electrons. The second-order valence-corrected chi connectivity index (χ2v) is 4.77. The number of aromatic nitrogens is 1. The van der Waals surface area contributed by atoms with Crippen LogP contribution in [0, 0.1) is 0 Å². The molecule has 0 spiro atoms. The van der Waals surface area contributed by atoms with E-state index in [4.69, 9.17) is 16.4 Å². The van der Waals surface area contributed by atoms with E-state index < -0.39 is 0 Å². The van der Waals surface area contributed by atoms with Crippen LogP contribution in [-0.4, -0.2) is 18.0 Å². The predicted molar refractivity (Wildman–Crippen MR) is 77.3 cm³/mol. The van der Waals surface area contributed by atoms with Gasteiger partial charge >= 0.3 is 0 Å². The summed E-state index contributed by atoms with van der Waals surface area (Å²) < 4.78 is 0. The molecule has 2 aromatic rings. The summed E-state index contributed by atoms with van der Waals surface area (Å²) in [6.45, 7) is 0. The van der Waals surface area contributed by atoms with Gasteiger partial charge in [0.25, 0.3) is 5.91 Å². The maximum atomic E-state index is 12.1. The summed E-state index contributed by atoms with van der Waals surface area (Å²) in [5.74, 6) is -0.527. The van der Waals surface area contributed by atoms with Gasteiger partial charge in [-0.15, -0.1) is 0 Å². The van der Waals surface area contributed by atoms with E-state index in [-0.39, 0.29) is 11.8 Å². The van der Waals surface area contributed by atoms with E-state index in [9.17, 15) is 4.79 Å². The van der Waals surface area contributed by atoms with Crippen LogP contribution in [0.25, 0.3) is 0 Å². The minimum atomic E-state index is -0.338. The van der Waals surface area contributed by atoms with Crippen molar-refractivity contribution in [3.05, 3.63) is 64.9 Å². The molecule has 20 heavy (non-hydrogen) atoms. The van der Waals surface area contributed by atoms with Gasteiger partial charge in [-0.05, 0) is 41.8 Å².